The van der Waals surface area contributed by atoms with E-state index in [-0.39, 0.29) is 34.0 Å². The van der Waals surface area contributed by atoms with Gasteiger partial charge in [0.2, 0.25) is 0 Å². The third-order valence-corrected chi connectivity index (χ3v) is 4.06. The third kappa shape index (κ3) is 3.59. The lowest BCUT2D eigenvalue weighted by Crippen LogP contribution is -2.02. The Morgan fingerprint density at radius 1 is 0.962 bits per heavy atom. The SMILES string of the molecule is CCCCCOc1cc(O)c2c(=O)cc(-c3ccc(O)c(O)c3)oc2c1. The Labute approximate surface area is 149 Å². The monoisotopic (exact) mass is 356 g/mol. The van der Waals surface area contributed by atoms with Crippen LogP contribution in [0.15, 0.2) is 45.6 Å². The van der Waals surface area contributed by atoms with Gasteiger partial charge in [0, 0.05) is 23.8 Å². The fourth-order valence-electron chi connectivity index (χ4n) is 2.69. The van der Waals surface area contributed by atoms with E-state index < -0.39 is 5.43 Å². The van der Waals surface area contributed by atoms with Crippen molar-refractivity contribution in [3.63, 3.8) is 0 Å². The van der Waals surface area contributed by atoms with Crippen LogP contribution in [0.3, 0.4) is 0 Å². The largest absolute Gasteiger partial charge is 0.507 e. The summed E-state index contributed by atoms with van der Waals surface area (Å²) in [6.07, 6.45) is 3.01. The Bertz CT molecular complexity index is 989. The maximum Gasteiger partial charge on any atom is 0.197 e. The van der Waals surface area contributed by atoms with E-state index in [0.29, 0.717) is 17.9 Å². The van der Waals surface area contributed by atoms with E-state index in [4.69, 9.17) is 9.15 Å². The van der Waals surface area contributed by atoms with Gasteiger partial charge in [0.05, 0.1) is 6.61 Å². The molecule has 6 heteroatoms. The normalized spacial score (nSPS) is 11.0. The minimum Gasteiger partial charge on any atom is -0.507 e. The molecule has 0 aliphatic heterocycles. The maximum absolute atomic E-state index is 12.4. The number of hydrogen-bond donors (Lipinski definition) is 3. The van der Waals surface area contributed by atoms with E-state index in [9.17, 15) is 20.1 Å². The van der Waals surface area contributed by atoms with E-state index >= 15 is 0 Å². The van der Waals surface area contributed by atoms with E-state index in [2.05, 4.69) is 6.92 Å². The summed E-state index contributed by atoms with van der Waals surface area (Å²) in [5.41, 5.74) is 0.197. The molecular weight excluding hydrogens is 336 g/mol. The summed E-state index contributed by atoms with van der Waals surface area (Å²) < 4.78 is 11.4. The molecule has 0 spiro atoms. The molecule has 136 valence electrons. The van der Waals surface area contributed by atoms with Gasteiger partial charge in [-0.3, -0.25) is 4.79 Å². The van der Waals surface area contributed by atoms with Gasteiger partial charge in [-0.15, -0.1) is 0 Å². The molecule has 3 rings (SSSR count). The standard InChI is InChI=1S/C20H20O6/c1-2-3-4-7-25-13-9-16(23)20-17(24)11-18(26-19(20)10-13)12-5-6-14(21)15(22)8-12/h5-6,8-11,21-23H,2-4,7H2,1H3. The summed E-state index contributed by atoms with van der Waals surface area (Å²) in [6, 6.07) is 8.31. The van der Waals surface area contributed by atoms with Gasteiger partial charge >= 0.3 is 0 Å². The van der Waals surface area contributed by atoms with Crippen LogP contribution < -0.4 is 10.2 Å². The lowest BCUT2D eigenvalue weighted by molar-refractivity contribution is 0.304. The average molecular weight is 356 g/mol. The molecule has 0 fully saturated rings. The number of rotatable bonds is 6. The lowest BCUT2D eigenvalue weighted by Gasteiger charge is -2.09. The summed E-state index contributed by atoms with van der Waals surface area (Å²) >= 11 is 0. The highest BCUT2D eigenvalue weighted by Gasteiger charge is 2.14. The van der Waals surface area contributed by atoms with Crippen molar-refractivity contribution in [2.24, 2.45) is 0 Å². The number of hydrogen-bond acceptors (Lipinski definition) is 6. The Kier molecular flexibility index (Phi) is 5.02. The number of aromatic hydroxyl groups is 3. The molecule has 2 aromatic carbocycles. The number of fused-ring (bicyclic) bond motifs is 1. The first-order valence-corrected chi connectivity index (χ1v) is 8.45. The fraction of sp³-hybridized carbons (Fsp3) is 0.250. The number of phenolic OH excluding ortho intramolecular Hbond substituents is 3. The van der Waals surface area contributed by atoms with Gasteiger partial charge < -0.3 is 24.5 Å². The van der Waals surface area contributed by atoms with Crippen LogP contribution in [0.1, 0.15) is 26.2 Å². The molecule has 0 saturated carbocycles. The van der Waals surface area contributed by atoms with Crippen LogP contribution in [-0.4, -0.2) is 21.9 Å². The van der Waals surface area contributed by atoms with Crippen molar-refractivity contribution in [2.45, 2.75) is 26.2 Å². The predicted octanol–water partition coefficient (Wildman–Crippen LogP) is 4.15. The first-order valence-electron chi connectivity index (χ1n) is 8.45. The topological polar surface area (TPSA) is 100 Å². The van der Waals surface area contributed by atoms with Crippen LogP contribution in [0.25, 0.3) is 22.3 Å². The summed E-state index contributed by atoms with van der Waals surface area (Å²) in [6.45, 7) is 2.60. The molecule has 0 radical (unpaired) electrons. The minimum atomic E-state index is -0.413. The summed E-state index contributed by atoms with van der Waals surface area (Å²) in [4.78, 5) is 12.4. The van der Waals surface area contributed by atoms with Gasteiger partial charge in [0.1, 0.15) is 28.2 Å². The second-order valence-electron chi connectivity index (χ2n) is 6.05. The molecule has 26 heavy (non-hydrogen) atoms. The van der Waals surface area contributed by atoms with Crippen molar-refractivity contribution in [3.05, 3.63) is 46.6 Å². The fourth-order valence-corrected chi connectivity index (χ4v) is 2.69. The Morgan fingerprint density at radius 3 is 2.50 bits per heavy atom. The highest BCUT2D eigenvalue weighted by Crippen LogP contribution is 2.34. The zero-order valence-corrected chi connectivity index (χ0v) is 14.4. The summed E-state index contributed by atoms with van der Waals surface area (Å²) in [7, 11) is 0. The molecule has 3 N–H and O–H groups in total. The molecule has 0 aliphatic carbocycles. The van der Waals surface area contributed by atoms with Gasteiger partial charge in [-0.1, -0.05) is 19.8 Å². The predicted molar refractivity (Wildman–Crippen MR) is 97.9 cm³/mol. The molecule has 6 nitrogen and oxygen atoms in total. The molecule has 0 aliphatic rings. The molecule has 0 saturated heterocycles. The zero-order valence-electron chi connectivity index (χ0n) is 14.4. The quantitative estimate of drug-likeness (QED) is 0.453. The van der Waals surface area contributed by atoms with E-state index in [1.165, 1.54) is 30.3 Å². The van der Waals surface area contributed by atoms with E-state index in [1.807, 2.05) is 0 Å². The average Bonchev–Trinajstić information content (AvgIpc) is 2.60. The molecule has 0 atom stereocenters. The van der Waals surface area contributed by atoms with Crippen molar-refractivity contribution >= 4 is 11.0 Å². The van der Waals surface area contributed by atoms with Gasteiger partial charge in [-0.05, 0) is 24.6 Å². The van der Waals surface area contributed by atoms with Crippen LogP contribution in [0.5, 0.6) is 23.0 Å². The number of phenols is 3. The van der Waals surface area contributed by atoms with Crippen molar-refractivity contribution < 1.29 is 24.5 Å². The number of ether oxygens (including phenoxy) is 1. The molecule has 1 aromatic heterocycles. The second-order valence-corrected chi connectivity index (χ2v) is 6.05. The molecule has 0 amide bonds. The number of unbranched alkanes of at least 4 members (excludes halogenated alkanes) is 2. The smallest absolute Gasteiger partial charge is 0.197 e. The zero-order chi connectivity index (χ0) is 18.7. The van der Waals surface area contributed by atoms with Crippen LogP contribution in [0, 0.1) is 0 Å². The molecule has 3 aromatic rings. The van der Waals surface area contributed by atoms with Gasteiger partial charge in [-0.25, -0.2) is 0 Å². The van der Waals surface area contributed by atoms with E-state index in [0.717, 1.165) is 19.3 Å². The van der Waals surface area contributed by atoms with Crippen molar-refractivity contribution in [3.8, 4) is 34.3 Å². The Morgan fingerprint density at radius 2 is 1.77 bits per heavy atom. The molecule has 0 unspecified atom stereocenters. The summed E-state index contributed by atoms with van der Waals surface area (Å²) in [5, 5.41) is 29.3. The van der Waals surface area contributed by atoms with Crippen molar-refractivity contribution in [1.29, 1.82) is 0 Å². The molecule has 1 heterocycles. The maximum atomic E-state index is 12.4. The van der Waals surface area contributed by atoms with Crippen molar-refractivity contribution in [1.82, 2.24) is 0 Å². The van der Waals surface area contributed by atoms with Crippen molar-refractivity contribution in [2.75, 3.05) is 6.61 Å². The minimum absolute atomic E-state index is 0.0673. The highest BCUT2D eigenvalue weighted by molar-refractivity contribution is 5.86. The highest BCUT2D eigenvalue weighted by atomic mass is 16.5. The van der Waals surface area contributed by atoms with Gasteiger partial charge in [-0.2, -0.15) is 0 Å². The Balaban J connectivity index is 2.02. The summed E-state index contributed by atoms with van der Waals surface area (Å²) in [5.74, 6) is -0.166. The van der Waals surface area contributed by atoms with E-state index in [1.54, 1.807) is 6.07 Å². The first kappa shape index (κ1) is 17.7. The van der Waals surface area contributed by atoms with Crippen LogP contribution in [-0.2, 0) is 0 Å². The first-order chi connectivity index (χ1) is 12.5. The third-order valence-electron chi connectivity index (χ3n) is 4.06. The molecule has 0 bridgehead atoms. The number of benzene rings is 2. The molecular formula is C20H20O6. The van der Waals surface area contributed by atoms with Crippen LogP contribution in [0.2, 0.25) is 0 Å². The van der Waals surface area contributed by atoms with Gasteiger partial charge in [0.25, 0.3) is 0 Å². The van der Waals surface area contributed by atoms with Gasteiger partial charge in [0.15, 0.2) is 16.9 Å². The van der Waals surface area contributed by atoms with Crippen LogP contribution >= 0.6 is 0 Å². The Hall–Kier alpha value is -3.15. The second kappa shape index (κ2) is 7.39. The lowest BCUT2D eigenvalue weighted by atomic mass is 10.1. The van der Waals surface area contributed by atoms with Crippen LogP contribution in [0.4, 0.5) is 0 Å².